The fraction of sp³-hybridized carbons (Fsp3) is 0. The number of nitrogens with one attached hydrogen (secondary N) is 1. The van der Waals surface area contributed by atoms with Gasteiger partial charge in [0.25, 0.3) is 0 Å². The molecule has 0 saturated heterocycles. The lowest BCUT2D eigenvalue weighted by Gasteiger charge is -2.04. The van der Waals surface area contributed by atoms with Gasteiger partial charge in [-0.1, -0.05) is 18.2 Å². The zero-order chi connectivity index (χ0) is 17.5. The Bertz CT molecular complexity index is 870. The van der Waals surface area contributed by atoms with Gasteiger partial charge in [-0.2, -0.15) is 5.10 Å². The van der Waals surface area contributed by atoms with Crippen molar-refractivity contribution in [2.45, 2.75) is 0 Å². The van der Waals surface area contributed by atoms with Gasteiger partial charge in [-0.25, -0.2) is 10.2 Å². The van der Waals surface area contributed by atoms with E-state index in [2.05, 4.69) is 10.5 Å². The van der Waals surface area contributed by atoms with E-state index in [0.717, 1.165) is 5.56 Å². The number of hydrazone groups is 1. The van der Waals surface area contributed by atoms with Gasteiger partial charge >= 0.3 is 11.9 Å². The van der Waals surface area contributed by atoms with Crippen LogP contribution in [0.4, 0.5) is 0 Å². The van der Waals surface area contributed by atoms with Crippen LogP contribution in [-0.2, 0) is 0 Å². The highest BCUT2D eigenvalue weighted by Gasteiger charge is 2.08. The van der Waals surface area contributed by atoms with Crippen LogP contribution in [0.15, 0.2) is 82.5 Å². The minimum Gasteiger partial charge on any atom is -0.459 e. The second-order valence-electron chi connectivity index (χ2n) is 5.00. The molecule has 25 heavy (non-hydrogen) atoms. The molecular formula is C19H14N2O4. The molecule has 3 rings (SSSR count). The molecule has 0 radical (unpaired) electrons. The number of hydrogen-bond donors (Lipinski definition) is 1. The Morgan fingerprint density at radius 2 is 1.72 bits per heavy atom. The summed E-state index contributed by atoms with van der Waals surface area (Å²) in [6.07, 6.45) is 2.89. The van der Waals surface area contributed by atoms with E-state index in [9.17, 15) is 9.59 Å². The van der Waals surface area contributed by atoms with Crippen LogP contribution in [0.25, 0.3) is 0 Å². The van der Waals surface area contributed by atoms with E-state index in [1.165, 1.54) is 12.5 Å². The minimum atomic E-state index is -0.435. The first-order valence-electron chi connectivity index (χ1n) is 7.46. The lowest BCUT2D eigenvalue weighted by molar-refractivity contribution is 0.0734. The monoisotopic (exact) mass is 334 g/mol. The highest BCUT2D eigenvalue weighted by atomic mass is 16.5. The molecule has 2 aromatic carbocycles. The van der Waals surface area contributed by atoms with Crippen LogP contribution < -0.4 is 10.2 Å². The maximum Gasteiger partial charge on any atom is 0.343 e. The van der Waals surface area contributed by atoms with Crippen LogP contribution in [0.3, 0.4) is 0 Å². The van der Waals surface area contributed by atoms with Gasteiger partial charge in [0.05, 0.1) is 18.0 Å². The number of furan rings is 1. The predicted octanol–water partition coefficient (Wildman–Crippen LogP) is 3.26. The van der Waals surface area contributed by atoms with E-state index < -0.39 is 11.9 Å². The van der Waals surface area contributed by atoms with Crippen LogP contribution in [0.2, 0.25) is 0 Å². The first-order chi connectivity index (χ1) is 12.2. The normalized spacial score (nSPS) is 10.6. The number of benzene rings is 2. The standard InChI is InChI=1S/C19H14N2O4/c22-18(17-7-4-12-24-17)21-20-13-14-8-10-16(11-9-14)25-19(23)15-5-2-1-3-6-15/h1-13H,(H,21,22)/b20-13+. The van der Waals surface area contributed by atoms with Gasteiger partial charge in [0.2, 0.25) is 0 Å². The van der Waals surface area contributed by atoms with Crippen LogP contribution in [0.5, 0.6) is 5.75 Å². The Morgan fingerprint density at radius 3 is 2.40 bits per heavy atom. The lowest BCUT2D eigenvalue weighted by atomic mass is 10.2. The number of hydrogen-bond acceptors (Lipinski definition) is 5. The predicted molar refractivity (Wildman–Crippen MR) is 91.6 cm³/mol. The second kappa shape index (κ2) is 7.74. The van der Waals surface area contributed by atoms with E-state index >= 15 is 0 Å². The topological polar surface area (TPSA) is 80.9 Å². The number of nitrogens with zero attached hydrogens (tertiary/aromatic N) is 1. The van der Waals surface area contributed by atoms with Crippen molar-refractivity contribution in [3.05, 3.63) is 89.9 Å². The summed E-state index contributed by atoms with van der Waals surface area (Å²) in [5.41, 5.74) is 3.57. The van der Waals surface area contributed by atoms with Gasteiger partial charge in [-0.3, -0.25) is 4.79 Å². The fourth-order valence-corrected chi connectivity index (χ4v) is 1.99. The Morgan fingerprint density at radius 1 is 0.960 bits per heavy atom. The van der Waals surface area contributed by atoms with E-state index in [0.29, 0.717) is 11.3 Å². The molecule has 0 atom stereocenters. The molecule has 0 saturated carbocycles. The second-order valence-corrected chi connectivity index (χ2v) is 5.00. The summed E-state index contributed by atoms with van der Waals surface area (Å²) in [5, 5.41) is 3.84. The molecule has 1 N–H and O–H groups in total. The van der Waals surface area contributed by atoms with Gasteiger partial charge in [-0.05, 0) is 54.1 Å². The smallest absolute Gasteiger partial charge is 0.343 e. The zero-order valence-corrected chi connectivity index (χ0v) is 13.1. The molecule has 6 heteroatoms. The van der Waals surface area contributed by atoms with Crippen molar-refractivity contribution in [2.24, 2.45) is 5.10 Å². The van der Waals surface area contributed by atoms with Gasteiger partial charge < -0.3 is 9.15 Å². The fourth-order valence-electron chi connectivity index (χ4n) is 1.99. The third-order valence-corrected chi connectivity index (χ3v) is 3.22. The van der Waals surface area contributed by atoms with Gasteiger partial charge in [0.1, 0.15) is 5.75 Å². The average molecular weight is 334 g/mol. The van der Waals surface area contributed by atoms with Crippen LogP contribution >= 0.6 is 0 Å². The molecule has 1 amide bonds. The van der Waals surface area contributed by atoms with E-state index in [-0.39, 0.29) is 5.76 Å². The van der Waals surface area contributed by atoms with Crippen molar-refractivity contribution < 1.29 is 18.7 Å². The summed E-state index contributed by atoms with van der Waals surface area (Å²) in [6.45, 7) is 0. The average Bonchev–Trinajstić information content (AvgIpc) is 3.19. The first-order valence-corrected chi connectivity index (χ1v) is 7.46. The Labute approximate surface area is 143 Å². The van der Waals surface area contributed by atoms with Gasteiger partial charge in [0, 0.05) is 0 Å². The SMILES string of the molecule is O=C(Oc1ccc(/C=N/NC(=O)c2ccco2)cc1)c1ccccc1. The molecule has 6 nitrogen and oxygen atoms in total. The Balaban J connectivity index is 1.56. The van der Waals surface area contributed by atoms with E-state index in [1.54, 1.807) is 60.7 Å². The molecule has 0 aliphatic heterocycles. The maximum absolute atomic E-state index is 12.0. The molecular weight excluding hydrogens is 320 g/mol. The molecule has 124 valence electrons. The van der Waals surface area contributed by atoms with Crippen molar-refractivity contribution in [1.29, 1.82) is 0 Å². The number of carbonyl (C=O) groups excluding carboxylic acids is 2. The molecule has 1 aromatic heterocycles. The van der Waals surface area contributed by atoms with E-state index in [4.69, 9.17) is 9.15 Å². The van der Waals surface area contributed by atoms with Crippen molar-refractivity contribution in [3.8, 4) is 5.75 Å². The third-order valence-electron chi connectivity index (χ3n) is 3.22. The quantitative estimate of drug-likeness (QED) is 0.336. The first kappa shape index (κ1) is 16.2. The lowest BCUT2D eigenvalue weighted by Crippen LogP contribution is -2.16. The molecule has 0 spiro atoms. The Hall–Kier alpha value is -3.67. The number of rotatable bonds is 5. The number of amides is 1. The van der Waals surface area contributed by atoms with Gasteiger partial charge in [-0.15, -0.1) is 0 Å². The molecule has 0 unspecified atom stereocenters. The molecule has 3 aromatic rings. The molecule has 0 aliphatic carbocycles. The molecule has 0 aliphatic rings. The largest absolute Gasteiger partial charge is 0.459 e. The summed E-state index contributed by atoms with van der Waals surface area (Å²) in [5.74, 6) is -0.256. The summed E-state index contributed by atoms with van der Waals surface area (Å²) in [7, 11) is 0. The van der Waals surface area contributed by atoms with Crippen LogP contribution in [-0.4, -0.2) is 18.1 Å². The van der Waals surface area contributed by atoms with Crippen molar-refractivity contribution in [2.75, 3.05) is 0 Å². The van der Waals surface area contributed by atoms with Crippen molar-refractivity contribution in [3.63, 3.8) is 0 Å². The van der Waals surface area contributed by atoms with Crippen molar-refractivity contribution in [1.82, 2.24) is 5.43 Å². The summed E-state index contributed by atoms with van der Waals surface area (Å²) >= 11 is 0. The third kappa shape index (κ3) is 4.42. The highest BCUT2D eigenvalue weighted by Crippen LogP contribution is 2.13. The van der Waals surface area contributed by atoms with Crippen LogP contribution in [0.1, 0.15) is 26.5 Å². The number of ether oxygens (including phenoxy) is 1. The minimum absolute atomic E-state index is 0.181. The summed E-state index contributed by atoms with van der Waals surface area (Å²) < 4.78 is 10.2. The molecule has 0 bridgehead atoms. The zero-order valence-electron chi connectivity index (χ0n) is 13.1. The maximum atomic E-state index is 12.0. The Kier molecular flexibility index (Phi) is 5.01. The van der Waals surface area contributed by atoms with Gasteiger partial charge in [0.15, 0.2) is 5.76 Å². The number of carbonyl (C=O) groups is 2. The molecule has 0 fully saturated rings. The van der Waals surface area contributed by atoms with E-state index in [1.807, 2.05) is 6.07 Å². The number of esters is 1. The summed E-state index contributed by atoms with van der Waals surface area (Å²) in [4.78, 5) is 23.6. The van der Waals surface area contributed by atoms with Crippen molar-refractivity contribution >= 4 is 18.1 Å². The molecule has 1 heterocycles. The van der Waals surface area contributed by atoms with Crippen LogP contribution in [0, 0.1) is 0 Å². The highest BCUT2D eigenvalue weighted by molar-refractivity contribution is 5.92. The summed E-state index contributed by atoms with van der Waals surface area (Å²) in [6, 6.07) is 18.6.